The highest BCUT2D eigenvalue weighted by atomic mass is 32.2. The summed E-state index contributed by atoms with van der Waals surface area (Å²) >= 11 is 2.58. The number of hydrogen-bond acceptors (Lipinski definition) is 9. The van der Waals surface area contributed by atoms with E-state index in [2.05, 4.69) is 10.3 Å². The van der Waals surface area contributed by atoms with Crippen molar-refractivity contribution < 1.29 is 29.3 Å². The molecule has 10 nitrogen and oxygen atoms in total. The van der Waals surface area contributed by atoms with Crippen molar-refractivity contribution in [2.24, 2.45) is 0 Å². The summed E-state index contributed by atoms with van der Waals surface area (Å²) in [5.41, 5.74) is 7.09. The van der Waals surface area contributed by atoms with E-state index in [-0.39, 0.29) is 31.2 Å². The molecule has 1 unspecified atom stereocenters. The van der Waals surface area contributed by atoms with Crippen LogP contribution in [0.3, 0.4) is 0 Å². The van der Waals surface area contributed by atoms with E-state index in [9.17, 15) is 24.6 Å². The summed E-state index contributed by atoms with van der Waals surface area (Å²) in [7, 11) is 0. The van der Waals surface area contributed by atoms with Gasteiger partial charge < -0.3 is 26.0 Å². The van der Waals surface area contributed by atoms with Gasteiger partial charge in [0, 0.05) is 11.1 Å². The number of aromatic nitrogens is 1. The first-order valence-corrected chi connectivity index (χ1v) is 12.0. The number of ether oxygens (including phenoxy) is 1. The number of nitrogen functional groups attached to an aromatic ring is 1. The van der Waals surface area contributed by atoms with Crippen LogP contribution in [0.5, 0.6) is 0 Å². The summed E-state index contributed by atoms with van der Waals surface area (Å²) < 4.78 is 5.56. The van der Waals surface area contributed by atoms with Gasteiger partial charge in [0.2, 0.25) is 5.91 Å². The molecular weight excluding hydrogens is 468 g/mol. The van der Waals surface area contributed by atoms with Crippen LogP contribution in [-0.2, 0) is 25.5 Å². The molecule has 12 heteroatoms. The van der Waals surface area contributed by atoms with Gasteiger partial charge in [-0.25, -0.2) is 9.78 Å². The van der Waals surface area contributed by atoms with Crippen LogP contribution < -0.4 is 11.1 Å². The fourth-order valence-corrected chi connectivity index (χ4v) is 5.54. The Kier molecular flexibility index (Phi) is 6.98. The predicted molar refractivity (Wildman–Crippen MR) is 122 cm³/mol. The van der Waals surface area contributed by atoms with Crippen LogP contribution in [0.2, 0.25) is 0 Å². The van der Waals surface area contributed by atoms with Crippen LogP contribution in [0.1, 0.15) is 17.4 Å². The number of carboxylic acid groups (broad SMARTS) is 1. The lowest BCUT2D eigenvalue weighted by Crippen LogP contribution is -2.70. The highest BCUT2D eigenvalue weighted by Crippen LogP contribution is 2.40. The predicted octanol–water partition coefficient (Wildman–Crippen LogP) is 0.757. The molecule has 0 bridgehead atoms. The van der Waals surface area contributed by atoms with Gasteiger partial charge in [0.15, 0.2) is 5.13 Å². The summed E-state index contributed by atoms with van der Waals surface area (Å²) in [4.78, 5) is 42.1. The zero-order chi connectivity index (χ0) is 23.5. The van der Waals surface area contributed by atoms with Crippen molar-refractivity contribution in [1.29, 1.82) is 0 Å². The second-order valence-corrected chi connectivity index (χ2v) is 9.50. The molecule has 0 aliphatic carbocycles. The van der Waals surface area contributed by atoms with Gasteiger partial charge in [-0.3, -0.25) is 14.5 Å². The lowest BCUT2D eigenvalue weighted by molar-refractivity contribution is -0.150. The van der Waals surface area contributed by atoms with E-state index in [1.807, 2.05) is 6.07 Å². The number of benzene rings is 1. The van der Waals surface area contributed by atoms with Crippen LogP contribution in [0.15, 0.2) is 47.0 Å². The van der Waals surface area contributed by atoms with Crippen molar-refractivity contribution in [3.05, 3.63) is 58.2 Å². The van der Waals surface area contributed by atoms with E-state index < -0.39 is 29.4 Å². The van der Waals surface area contributed by atoms with Gasteiger partial charge in [-0.15, -0.1) is 23.1 Å². The zero-order valence-corrected chi connectivity index (χ0v) is 19.0. The highest BCUT2D eigenvalue weighted by molar-refractivity contribution is 8.00. The van der Waals surface area contributed by atoms with Gasteiger partial charge in [-0.2, -0.15) is 0 Å². The third kappa shape index (κ3) is 5.03. The van der Waals surface area contributed by atoms with Crippen molar-refractivity contribution in [2.45, 2.75) is 23.9 Å². The van der Waals surface area contributed by atoms with E-state index >= 15 is 0 Å². The highest BCUT2D eigenvalue weighted by Gasteiger charge is 2.54. The van der Waals surface area contributed by atoms with E-state index in [0.29, 0.717) is 27.7 Å². The monoisotopic (exact) mass is 490 g/mol. The number of thiazole rings is 1. The number of nitrogens with one attached hydrogen (secondary N) is 1. The summed E-state index contributed by atoms with van der Waals surface area (Å²) in [6.45, 7) is -0.0421. The summed E-state index contributed by atoms with van der Waals surface area (Å²) in [6.07, 6.45) is -0.860. The Balaban J connectivity index is 1.36. The lowest BCUT2D eigenvalue weighted by atomic mass is 10.0. The third-order valence-electron chi connectivity index (χ3n) is 5.21. The van der Waals surface area contributed by atoms with Crippen LogP contribution in [0.25, 0.3) is 0 Å². The quantitative estimate of drug-likeness (QED) is 0.373. The molecule has 1 fully saturated rings. The Bertz CT molecular complexity index is 1090. The first-order chi connectivity index (χ1) is 15.8. The second kappa shape index (κ2) is 9.91. The minimum Gasteiger partial charge on any atom is -0.477 e. The SMILES string of the molecule is Nc1nc(CC(=O)N[C@@H]2C(=O)N3C(C(=O)O)=C(COCC(O)c4ccccc4)CS[C@@H]23)cs1. The fraction of sp³-hybridized carbons (Fsp3) is 0.333. The number of aliphatic hydroxyl groups is 1. The Morgan fingerprint density at radius 2 is 2.09 bits per heavy atom. The number of anilines is 1. The van der Waals surface area contributed by atoms with Crippen LogP contribution >= 0.6 is 23.1 Å². The molecule has 1 aromatic heterocycles. The van der Waals surface area contributed by atoms with Gasteiger partial charge in [0.1, 0.15) is 23.2 Å². The number of aliphatic hydroxyl groups excluding tert-OH is 1. The molecule has 2 aliphatic rings. The molecule has 5 N–H and O–H groups in total. The lowest BCUT2D eigenvalue weighted by Gasteiger charge is -2.49. The summed E-state index contributed by atoms with van der Waals surface area (Å²) in [6, 6.07) is 8.18. The van der Waals surface area contributed by atoms with Gasteiger partial charge in [-0.05, 0) is 11.1 Å². The van der Waals surface area contributed by atoms with Crippen molar-refractivity contribution in [2.75, 3.05) is 24.7 Å². The van der Waals surface area contributed by atoms with E-state index in [1.165, 1.54) is 28.0 Å². The maximum absolute atomic E-state index is 12.7. The average Bonchev–Trinajstić information content (AvgIpc) is 3.21. The second-order valence-electron chi connectivity index (χ2n) is 7.51. The molecule has 174 valence electrons. The van der Waals surface area contributed by atoms with Crippen molar-refractivity contribution in [3.8, 4) is 0 Å². The fourth-order valence-electron chi connectivity index (χ4n) is 3.65. The molecule has 3 atom stereocenters. The number of fused-ring (bicyclic) bond motifs is 1. The number of β-lactam (4-membered cyclic amide) rings is 1. The summed E-state index contributed by atoms with van der Waals surface area (Å²) in [5.74, 6) is -1.79. The number of rotatable bonds is 9. The first kappa shape index (κ1) is 23.2. The Morgan fingerprint density at radius 3 is 2.76 bits per heavy atom. The number of aliphatic carboxylic acids is 1. The van der Waals surface area contributed by atoms with Crippen molar-refractivity contribution in [1.82, 2.24) is 15.2 Å². The van der Waals surface area contributed by atoms with Crippen LogP contribution in [0.4, 0.5) is 5.13 Å². The molecule has 1 saturated heterocycles. The molecule has 33 heavy (non-hydrogen) atoms. The number of carbonyl (C=O) groups excluding carboxylic acids is 2. The van der Waals surface area contributed by atoms with Crippen molar-refractivity contribution >= 4 is 46.0 Å². The number of carboxylic acids is 1. The molecule has 1 aromatic carbocycles. The van der Waals surface area contributed by atoms with Gasteiger partial charge in [0.05, 0.1) is 25.3 Å². The zero-order valence-electron chi connectivity index (χ0n) is 17.3. The topological polar surface area (TPSA) is 155 Å². The number of amides is 2. The summed E-state index contributed by atoms with van der Waals surface area (Å²) in [5, 5.41) is 24.1. The molecule has 0 spiro atoms. The maximum Gasteiger partial charge on any atom is 0.352 e. The number of hydrogen-bond donors (Lipinski definition) is 4. The van der Waals surface area contributed by atoms with E-state index in [1.54, 1.807) is 29.6 Å². The van der Waals surface area contributed by atoms with E-state index in [4.69, 9.17) is 10.5 Å². The number of carbonyl (C=O) groups is 3. The molecule has 2 aliphatic heterocycles. The maximum atomic E-state index is 12.7. The van der Waals surface area contributed by atoms with Gasteiger partial charge >= 0.3 is 5.97 Å². The third-order valence-corrected chi connectivity index (χ3v) is 7.28. The normalized spacial score (nSPS) is 20.8. The first-order valence-electron chi connectivity index (χ1n) is 10.0. The molecule has 3 heterocycles. The minimum atomic E-state index is -1.24. The number of thioether (sulfide) groups is 1. The largest absolute Gasteiger partial charge is 0.477 e. The molecule has 0 radical (unpaired) electrons. The molecule has 2 amide bonds. The van der Waals surface area contributed by atoms with Crippen LogP contribution in [0, 0.1) is 0 Å². The van der Waals surface area contributed by atoms with E-state index in [0.717, 1.165) is 0 Å². The number of nitrogens with zero attached hydrogens (tertiary/aromatic N) is 2. The molecule has 2 aromatic rings. The Morgan fingerprint density at radius 1 is 1.33 bits per heavy atom. The molecule has 4 rings (SSSR count). The Labute approximate surface area is 197 Å². The number of nitrogens with two attached hydrogens (primary N) is 1. The average molecular weight is 491 g/mol. The Hall–Kier alpha value is -2.93. The molecular formula is C21H22N4O6S2. The van der Waals surface area contributed by atoms with Crippen molar-refractivity contribution in [3.63, 3.8) is 0 Å². The smallest absolute Gasteiger partial charge is 0.352 e. The molecule has 0 saturated carbocycles. The minimum absolute atomic E-state index is 0.0116. The standard InChI is InChI=1S/C21H22N4O6S2/c22-21-23-13(10-33-21)6-15(27)24-16-18(28)25-17(20(29)30)12(9-32-19(16)25)7-31-8-14(26)11-4-2-1-3-5-11/h1-5,10,14,16,19,26H,6-9H2,(H2,22,23)(H,24,27)(H,29,30)/t14?,16-,19+/m1/s1. The van der Waals surface area contributed by atoms with Crippen LogP contribution in [-0.4, -0.2) is 68.3 Å². The van der Waals surface area contributed by atoms with Gasteiger partial charge in [-0.1, -0.05) is 30.3 Å². The van der Waals surface area contributed by atoms with Gasteiger partial charge in [0.25, 0.3) is 5.91 Å².